The average molecular weight is 253 g/mol. The first-order valence-electron chi connectivity index (χ1n) is 6.76. The van der Waals surface area contributed by atoms with Gasteiger partial charge in [0.25, 0.3) is 0 Å². The highest BCUT2D eigenvalue weighted by Crippen LogP contribution is 2.37. The molecule has 2 aromatic rings. The molecule has 19 heavy (non-hydrogen) atoms. The van der Waals surface area contributed by atoms with Crippen LogP contribution in [0.5, 0.6) is 5.75 Å². The first-order valence-corrected chi connectivity index (χ1v) is 6.76. The topological polar surface area (TPSA) is 21.3 Å². The minimum absolute atomic E-state index is 0.486. The first kappa shape index (κ1) is 12.1. The third kappa shape index (κ3) is 2.30. The van der Waals surface area contributed by atoms with Crippen LogP contribution in [0.4, 0.5) is 5.69 Å². The van der Waals surface area contributed by atoms with Gasteiger partial charge in [-0.2, -0.15) is 0 Å². The van der Waals surface area contributed by atoms with E-state index in [1.807, 2.05) is 12.1 Å². The summed E-state index contributed by atoms with van der Waals surface area (Å²) in [6.07, 6.45) is 1.06. The van der Waals surface area contributed by atoms with Crippen molar-refractivity contribution in [3.63, 3.8) is 0 Å². The maximum absolute atomic E-state index is 5.20. The summed E-state index contributed by atoms with van der Waals surface area (Å²) in [4.78, 5) is 0. The SMILES string of the molecule is COc1ccc(CC2c3ccccc3NC2C)cc1. The van der Waals surface area contributed by atoms with Crippen molar-refractivity contribution in [3.8, 4) is 5.75 Å². The Balaban J connectivity index is 1.82. The zero-order valence-corrected chi connectivity index (χ0v) is 11.4. The molecule has 2 nitrogen and oxygen atoms in total. The molecule has 0 bridgehead atoms. The third-order valence-electron chi connectivity index (χ3n) is 3.96. The number of fused-ring (bicyclic) bond motifs is 1. The van der Waals surface area contributed by atoms with Crippen molar-refractivity contribution < 1.29 is 4.74 Å². The predicted molar refractivity (Wildman–Crippen MR) is 79.0 cm³/mol. The van der Waals surface area contributed by atoms with Gasteiger partial charge < -0.3 is 10.1 Å². The number of para-hydroxylation sites is 1. The lowest BCUT2D eigenvalue weighted by Crippen LogP contribution is -2.17. The zero-order valence-electron chi connectivity index (χ0n) is 11.4. The molecule has 98 valence electrons. The van der Waals surface area contributed by atoms with E-state index in [0.717, 1.165) is 12.2 Å². The van der Waals surface area contributed by atoms with E-state index >= 15 is 0 Å². The Kier molecular flexibility index (Phi) is 3.16. The van der Waals surface area contributed by atoms with Gasteiger partial charge >= 0.3 is 0 Å². The fraction of sp³-hybridized carbons (Fsp3) is 0.294. The molecule has 0 fully saturated rings. The van der Waals surface area contributed by atoms with Crippen LogP contribution in [0.3, 0.4) is 0 Å². The van der Waals surface area contributed by atoms with E-state index in [1.54, 1.807) is 7.11 Å². The van der Waals surface area contributed by atoms with Crippen LogP contribution in [-0.2, 0) is 6.42 Å². The molecular formula is C17H19NO. The Morgan fingerprint density at radius 2 is 1.79 bits per heavy atom. The van der Waals surface area contributed by atoms with Crippen molar-refractivity contribution in [2.75, 3.05) is 12.4 Å². The fourth-order valence-electron chi connectivity index (χ4n) is 2.87. The third-order valence-corrected chi connectivity index (χ3v) is 3.96. The molecule has 0 amide bonds. The van der Waals surface area contributed by atoms with Crippen LogP contribution in [0.25, 0.3) is 0 Å². The van der Waals surface area contributed by atoms with E-state index in [1.165, 1.54) is 16.8 Å². The number of methoxy groups -OCH3 is 1. The van der Waals surface area contributed by atoms with E-state index in [4.69, 9.17) is 4.74 Å². The van der Waals surface area contributed by atoms with Gasteiger partial charge in [0.1, 0.15) is 5.75 Å². The van der Waals surface area contributed by atoms with Crippen LogP contribution in [0.15, 0.2) is 48.5 Å². The number of hydrogen-bond donors (Lipinski definition) is 1. The Morgan fingerprint density at radius 3 is 2.53 bits per heavy atom. The van der Waals surface area contributed by atoms with Crippen LogP contribution >= 0.6 is 0 Å². The number of anilines is 1. The van der Waals surface area contributed by atoms with Crippen molar-refractivity contribution in [2.45, 2.75) is 25.3 Å². The van der Waals surface area contributed by atoms with Gasteiger partial charge in [0.05, 0.1) is 7.11 Å². The van der Waals surface area contributed by atoms with Crippen LogP contribution in [-0.4, -0.2) is 13.2 Å². The minimum Gasteiger partial charge on any atom is -0.497 e. The molecular weight excluding hydrogens is 234 g/mol. The smallest absolute Gasteiger partial charge is 0.118 e. The van der Waals surface area contributed by atoms with Crippen LogP contribution in [0, 0.1) is 0 Å². The van der Waals surface area contributed by atoms with E-state index in [9.17, 15) is 0 Å². The van der Waals surface area contributed by atoms with Crippen molar-refractivity contribution in [1.29, 1.82) is 0 Å². The summed E-state index contributed by atoms with van der Waals surface area (Å²) in [6.45, 7) is 2.26. The van der Waals surface area contributed by atoms with Crippen molar-refractivity contribution in [3.05, 3.63) is 59.7 Å². The molecule has 3 rings (SSSR count). The Labute approximate surface area is 114 Å². The van der Waals surface area contributed by atoms with Gasteiger partial charge in [-0.3, -0.25) is 0 Å². The second kappa shape index (κ2) is 4.96. The van der Waals surface area contributed by atoms with E-state index in [-0.39, 0.29) is 0 Å². The summed E-state index contributed by atoms with van der Waals surface area (Å²) >= 11 is 0. The molecule has 0 aromatic heterocycles. The Hall–Kier alpha value is -1.96. The van der Waals surface area contributed by atoms with E-state index in [0.29, 0.717) is 12.0 Å². The van der Waals surface area contributed by atoms with Crippen LogP contribution in [0.1, 0.15) is 24.0 Å². The highest BCUT2D eigenvalue weighted by atomic mass is 16.5. The second-order valence-electron chi connectivity index (χ2n) is 5.18. The van der Waals surface area contributed by atoms with Crippen molar-refractivity contribution >= 4 is 5.69 Å². The van der Waals surface area contributed by atoms with Gasteiger partial charge in [0.15, 0.2) is 0 Å². The number of ether oxygens (including phenoxy) is 1. The van der Waals surface area contributed by atoms with Crippen molar-refractivity contribution in [2.24, 2.45) is 0 Å². The van der Waals surface area contributed by atoms with Gasteiger partial charge in [-0.1, -0.05) is 30.3 Å². The second-order valence-corrected chi connectivity index (χ2v) is 5.18. The number of benzene rings is 2. The molecule has 0 saturated heterocycles. The molecule has 0 radical (unpaired) electrons. The summed E-state index contributed by atoms with van der Waals surface area (Å²) < 4.78 is 5.20. The molecule has 2 aromatic carbocycles. The van der Waals surface area contributed by atoms with Gasteiger partial charge in [0, 0.05) is 17.6 Å². The van der Waals surface area contributed by atoms with Gasteiger partial charge in [0.2, 0.25) is 0 Å². The van der Waals surface area contributed by atoms with Crippen LogP contribution < -0.4 is 10.1 Å². The molecule has 1 heterocycles. The quantitative estimate of drug-likeness (QED) is 0.897. The molecule has 2 atom stereocenters. The normalized spacial score (nSPS) is 20.7. The largest absolute Gasteiger partial charge is 0.497 e. The van der Waals surface area contributed by atoms with Gasteiger partial charge in [-0.25, -0.2) is 0 Å². The summed E-state index contributed by atoms with van der Waals surface area (Å²) in [5.41, 5.74) is 4.08. The molecule has 1 aliphatic rings. The van der Waals surface area contributed by atoms with Crippen molar-refractivity contribution in [1.82, 2.24) is 0 Å². The Morgan fingerprint density at radius 1 is 1.05 bits per heavy atom. The minimum atomic E-state index is 0.486. The maximum Gasteiger partial charge on any atom is 0.118 e. The maximum atomic E-state index is 5.20. The number of nitrogens with one attached hydrogen (secondary N) is 1. The van der Waals surface area contributed by atoms with Crippen LogP contribution in [0.2, 0.25) is 0 Å². The van der Waals surface area contributed by atoms with E-state index in [2.05, 4.69) is 48.6 Å². The number of rotatable bonds is 3. The average Bonchev–Trinajstić information content (AvgIpc) is 2.76. The lowest BCUT2D eigenvalue weighted by molar-refractivity contribution is 0.414. The molecule has 2 heteroatoms. The lowest BCUT2D eigenvalue weighted by Gasteiger charge is -2.16. The molecule has 1 N–H and O–H groups in total. The summed E-state index contributed by atoms with van der Waals surface area (Å²) in [7, 11) is 1.70. The molecule has 0 saturated carbocycles. The summed E-state index contributed by atoms with van der Waals surface area (Å²) in [6, 6.07) is 17.5. The number of hydrogen-bond acceptors (Lipinski definition) is 2. The van der Waals surface area contributed by atoms with E-state index < -0.39 is 0 Å². The molecule has 0 spiro atoms. The highest BCUT2D eigenvalue weighted by molar-refractivity contribution is 5.59. The van der Waals surface area contributed by atoms with Gasteiger partial charge in [-0.05, 0) is 42.7 Å². The Bertz CT molecular complexity index is 562. The predicted octanol–water partition coefficient (Wildman–Crippen LogP) is 3.84. The standard InChI is InChI=1S/C17H19NO/c1-12-16(15-5-3-4-6-17(15)18-12)11-13-7-9-14(19-2)10-8-13/h3-10,12,16,18H,11H2,1-2H3. The zero-order chi connectivity index (χ0) is 13.2. The fourth-order valence-corrected chi connectivity index (χ4v) is 2.87. The molecule has 2 unspecified atom stereocenters. The summed E-state index contributed by atoms with van der Waals surface area (Å²) in [5, 5.41) is 3.57. The monoisotopic (exact) mass is 253 g/mol. The molecule has 0 aliphatic carbocycles. The summed E-state index contributed by atoms with van der Waals surface area (Å²) in [5.74, 6) is 1.46. The highest BCUT2D eigenvalue weighted by Gasteiger charge is 2.28. The molecule has 1 aliphatic heterocycles. The lowest BCUT2D eigenvalue weighted by atomic mass is 9.89. The first-order chi connectivity index (χ1) is 9.28. The van der Waals surface area contributed by atoms with Gasteiger partial charge in [-0.15, -0.1) is 0 Å².